The minimum Gasteiger partial charge on any atom is -0.464 e. The Morgan fingerprint density at radius 2 is 1.94 bits per heavy atom. The fraction of sp³-hybridized carbons (Fsp3) is 0.500. The molecule has 0 bridgehead atoms. The zero-order chi connectivity index (χ0) is 12.3. The fourth-order valence-corrected chi connectivity index (χ4v) is 1.95. The molecule has 0 aliphatic heterocycles. The Bertz CT molecular complexity index is 382. The summed E-state index contributed by atoms with van der Waals surface area (Å²) in [6, 6.07) is 9.95. The largest absolute Gasteiger partial charge is 0.464 e. The third-order valence-electron chi connectivity index (χ3n) is 3.24. The molecule has 92 valence electrons. The lowest BCUT2D eigenvalue weighted by Gasteiger charge is -2.16. The van der Waals surface area contributed by atoms with Crippen molar-refractivity contribution in [3.8, 4) is 0 Å². The molecule has 0 atom stereocenters. The quantitative estimate of drug-likeness (QED) is 0.727. The van der Waals surface area contributed by atoms with Gasteiger partial charge in [0, 0.05) is 6.54 Å². The van der Waals surface area contributed by atoms with Crippen LogP contribution in [0, 0.1) is 0 Å². The van der Waals surface area contributed by atoms with Crippen LogP contribution in [0.5, 0.6) is 0 Å². The van der Waals surface area contributed by atoms with E-state index in [9.17, 15) is 4.79 Å². The van der Waals surface area contributed by atoms with Crippen molar-refractivity contribution in [1.29, 1.82) is 0 Å². The van der Waals surface area contributed by atoms with Crippen LogP contribution in [-0.4, -0.2) is 38.1 Å². The van der Waals surface area contributed by atoms with Crippen molar-refractivity contribution in [2.24, 2.45) is 0 Å². The number of carbonyl (C=O) groups excluding carboxylic acids is 1. The second-order valence-electron chi connectivity index (χ2n) is 4.89. The summed E-state index contributed by atoms with van der Waals surface area (Å²) in [6.45, 7) is 1.25. The first-order valence-corrected chi connectivity index (χ1v) is 6.03. The van der Waals surface area contributed by atoms with Crippen LogP contribution in [0.4, 0.5) is 0 Å². The number of hydrogen-bond donors (Lipinski definition) is 0. The number of esters is 1. The Hall–Kier alpha value is -1.35. The molecule has 0 heterocycles. The topological polar surface area (TPSA) is 29.5 Å². The van der Waals surface area contributed by atoms with Crippen molar-refractivity contribution in [2.45, 2.75) is 18.3 Å². The summed E-state index contributed by atoms with van der Waals surface area (Å²) in [5, 5.41) is 0. The van der Waals surface area contributed by atoms with E-state index in [0.29, 0.717) is 6.61 Å². The summed E-state index contributed by atoms with van der Waals surface area (Å²) in [6.07, 6.45) is 1.83. The first kappa shape index (κ1) is 12.1. The van der Waals surface area contributed by atoms with Gasteiger partial charge in [0.2, 0.25) is 0 Å². The number of rotatable bonds is 5. The molecule has 1 aromatic rings. The molecule has 0 unspecified atom stereocenters. The lowest BCUT2D eigenvalue weighted by atomic mass is 9.96. The maximum Gasteiger partial charge on any atom is 0.316 e. The molecule has 0 N–H and O–H groups in total. The molecule has 0 saturated heterocycles. The second-order valence-corrected chi connectivity index (χ2v) is 4.89. The van der Waals surface area contributed by atoms with Gasteiger partial charge in [-0.25, -0.2) is 0 Å². The number of nitrogens with zero attached hydrogens (tertiary/aromatic N) is 1. The average Bonchev–Trinajstić information content (AvgIpc) is 3.11. The average molecular weight is 233 g/mol. The number of ether oxygens (including phenoxy) is 1. The summed E-state index contributed by atoms with van der Waals surface area (Å²) in [7, 11) is 3.94. The number of hydrogen-bond acceptors (Lipinski definition) is 3. The van der Waals surface area contributed by atoms with Crippen molar-refractivity contribution in [3.05, 3.63) is 35.9 Å². The van der Waals surface area contributed by atoms with E-state index in [1.807, 2.05) is 49.3 Å². The van der Waals surface area contributed by atoms with E-state index in [1.54, 1.807) is 0 Å². The summed E-state index contributed by atoms with van der Waals surface area (Å²) in [4.78, 5) is 14.1. The normalized spacial score (nSPS) is 16.9. The molecule has 1 fully saturated rings. The Balaban J connectivity index is 1.95. The van der Waals surface area contributed by atoms with Crippen molar-refractivity contribution < 1.29 is 9.53 Å². The van der Waals surface area contributed by atoms with E-state index in [1.165, 1.54) is 0 Å². The van der Waals surface area contributed by atoms with Crippen LogP contribution in [0.25, 0.3) is 0 Å². The predicted molar refractivity (Wildman–Crippen MR) is 66.9 cm³/mol. The minimum absolute atomic E-state index is 0.0643. The summed E-state index contributed by atoms with van der Waals surface area (Å²) >= 11 is 0. The zero-order valence-electron chi connectivity index (χ0n) is 10.5. The molecule has 1 aliphatic carbocycles. The molecule has 3 heteroatoms. The van der Waals surface area contributed by atoms with Gasteiger partial charge in [-0.05, 0) is 32.5 Å². The van der Waals surface area contributed by atoms with Crippen LogP contribution in [0.3, 0.4) is 0 Å². The molecular weight excluding hydrogens is 214 g/mol. The summed E-state index contributed by atoms with van der Waals surface area (Å²) < 4.78 is 5.35. The zero-order valence-corrected chi connectivity index (χ0v) is 10.5. The first-order valence-electron chi connectivity index (χ1n) is 6.03. The Labute approximate surface area is 102 Å². The lowest BCUT2D eigenvalue weighted by molar-refractivity contribution is -0.147. The minimum atomic E-state index is -0.340. The van der Waals surface area contributed by atoms with Gasteiger partial charge in [-0.15, -0.1) is 0 Å². The van der Waals surface area contributed by atoms with Crippen molar-refractivity contribution in [3.63, 3.8) is 0 Å². The van der Waals surface area contributed by atoms with Gasteiger partial charge in [-0.1, -0.05) is 30.3 Å². The van der Waals surface area contributed by atoms with Gasteiger partial charge in [-0.3, -0.25) is 4.79 Å². The van der Waals surface area contributed by atoms with Crippen molar-refractivity contribution in [1.82, 2.24) is 4.90 Å². The molecule has 1 aliphatic rings. The van der Waals surface area contributed by atoms with Gasteiger partial charge < -0.3 is 9.64 Å². The van der Waals surface area contributed by atoms with Gasteiger partial charge in [-0.2, -0.15) is 0 Å². The van der Waals surface area contributed by atoms with Crippen LogP contribution >= 0.6 is 0 Å². The van der Waals surface area contributed by atoms with Crippen LogP contribution in [-0.2, 0) is 14.9 Å². The summed E-state index contributed by atoms with van der Waals surface area (Å²) in [5.41, 5.74) is 0.753. The van der Waals surface area contributed by atoms with E-state index < -0.39 is 0 Å². The van der Waals surface area contributed by atoms with E-state index in [2.05, 4.69) is 0 Å². The van der Waals surface area contributed by atoms with E-state index in [4.69, 9.17) is 4.74 Å². The van der Waals surface area contributed by atoms with Gasteiger partial charge >= 0.3 is 5.97 Å². The highest BCUT2D eigenvalue weighted by molar-refractivity contribution is 5.86. The summed E-state index contributed by atoms with van der Waals surface area (Å²) in [5.74, 6) is -0.0643. The molecule has 1 aromatic carbocycles. The molecule has 0 amide bonds. The molecule has 0 spiro atoms. The first-order chi connectivity index (χ1) is 8.15. The van der Waals surface area contributed by atoms with Gasteiger partial charge in [0.25, 0.3) is 0 Å². The highest BCUT2D eigenvalue weighted by Crippen LogP contribution is 2.49. The monoisotopic (exact) mass is 233 g/mol. The maximum atomic E-state index is 12.1. The smallest absolute Gasteiger partial charge is 0.316 e. The molecule has 0 radical (unpaired) electrons. The molecule has 17 heavy (non-hydrogen) atoms. The van der Waals surface area contributed by atoms with Gasteiger partial charge in [0.1, 0.15) is 6.61 Å². The van der Waals surface area contributed by atoms with Gasteiger partial charge in [0.15, 0.2) is 0 Å². The number of carbonyl (C=O) groups is 1. The van der Waals surface area contributed by atoms with Crippen molar-refractivity contribution >= 4 is 5.97 Å². The van der Waals surface area contributed by atoms with Gasteiger partial charge in [0.05, 0.1) is 5.41 Å². The predicted octanol–water partition coefficient (Wildman–Crippen LogP) is 1.82. The Kier molecular flexibility index (Phi) is 3.48. The molecule has 3 nitrogen and oxygen atoms in total. The van der Waals surface area contributed by atoms with Crippen LogP contribution in [0.1, 0.15) is 18.4 Å². The van der Waals surface area contributed by atoms with Crippen LogP contribution in [0.15, 0.2) is 30.3 Å². The SMILES string of the molecule is CN(C)CCOC(=O)C1(c2ccccc2)CC1. The highest BCUT2D eigenvalue weighted by atomic mass is 16.5. The standard InChI is InChI=1S/C14H19NO2/c1-15(2)10-11-17-13(16)14(8-9-14)12-6-4-3-5-7-12/h3-7H,8-11H2,1-2H3. The molecule has 2 rings (SSSR count). The second kappa shape index (κ2) is 4.88. The number of benzene rings is 1. The van der Waals surface area contributed by atoms with Crippen LogP contribution < -0.4 is 0 Å². The molecule has 0 aromatic heterocycles. The van der Waals surface area contributed by atoms with E-state index in [0.717, 1.165) is 24.9 Å². The maximum absolute atomic E-state index is 12.1. The Morgan fingerprint density at radius 1 is 1.29 bits per heavy atom. The third-order valence-corrected chi connectivity index (χ3v) is 3.24. The third kappa shape index (κ3) is 2.67. The van der Waals surface area contributed by atoms with E-state index in [-0.39, 0.29) is 11.4 Å². The Morgan fingerprint density at radius 3 is 2.47 bits per heavy atom. The van der Waals surface area contributed by atoms with E-state index >= 15 is 0 Å². The number of likely N-dealkylation sites (N-methyl/N-ethyl adjacent to an activating group) is 1. The highest BCUT2D eigenvalue weighted by Gasteiger charge is 2.52. The van der Waals surface area contributed by atoms with Crippen molar-refractivity contribution in [2.75, 3.05) is 27.2 Å². The molecular formula is C14H19NO2. The molecule has 1 saturated carbocycles. The lowest BCUT2D eigenvalue weighted by Crippen LogP contribution is -2.27. The van der Waals surface area contributed by atoms with Crippen LogP contribution in [0.2, 0.25) is 0 Å². The fourth-order valence-electron chi connectivity index (χ4n) is 1.95.